The van der Waals surface area contributed by atoms with Crippen LogP contribution in [0.1, 0.15) is 11.1 Å². The van der Waals surface area contributed by atoms with Gasteiger partial charge in [0.2, 0.25) is 0 Å². The molecule has 0 spiro atoms. The molecule has 2 heteroatoms. The summed E-state index contributed by atoms with van der Waals surface area (Å²) in [7, 11) is 0. The highest BCUT2D eigenvalue weighted by atomic mass is 14.9. The van der Waals surface area contributed by atoms with Crippen LogP contribution in [0, 0.1) is 0 Å². The zero-order chi connectivity index (χ0) is 15.2. The third-order valence-electron chi connectivity index (χ3n) is 4.63. The lowest BCUT2D eigenvalue weighted by molar-refractivity contribution is 1.13. The van der Waals surface area contributed by atoms with Gasteiger partial charge in [-0.05, 0) is 16.3 Å². The summed E-state index contributed by atoms with van der Waals surface area (Å²) in [5.41, 5.74) is 7.15. The monoisotopic (exact) mass is 294 g/mol. The molecule has 0 bridgehead atoms. The second kappa shape index (κ2) is 4.75. The Morgan fingerprint density at radius 1 is 0.652 bits per heavy atom. The lowest BCUT2D eigenvalue weighted by atomic mass is 9.98. The van der Waals surface area contributed by atoms with Crippen molar-refractivity contribution in [3.8, 4) is 22.5 Å². The summed E-state index contributed by atoms with van der Waals surface area (Å²) in [6.45, 7) is 0. The summed E-state index contributed by atoms with van der Waals surface area (Å²) >= 11 is 0. The molecule has 4 aromatic rings. The van der Waals surface area contributed by atoms with E-state index in [1.807, 2.05) is 0 Å². The minimum atomic E-state index is 0.908. The van der Waals surface area contributed by atoms with E-state index in [9.17, 15) is 0 Å². The van der Waals surface area contributed by atoms with Crippen molar-refractivity contribution in [2.24, 2.45) is 0 Å². The van der Waals surface area contributed by atoms with Gasteiger partial charge in [0.25, 0.3) is 0 Å². The fraction of sp³-hybridized carbons (Fsp3) is 0.0476. The minimum absolute atomic E-state index is 0.908. The molecule has 0 fully saturated rings. The van der Waals surface area contributed by atoms with Gasteiger partial charge >= 0.3 is 0 Å². The van der Waals surface area contributed by atoms with Crippen molar-refractivity contribution in [3.05, 3.63) is 84.2 Å². The maximum absolute atomic E-state index is 4.64. The quantitative estimate of drug-likeness (QED) is 0.441. The highest BCUT2D eigenvalue weighted by Gasteiger charge is 2.23. The Balaban J connectivity index is 1.80. The molecule has 0 saturated carbocycles. The van der Waals surface area contributed by atoms with Crippen molar-refractivity contribution in [3.63, 3.8) is 0 Å². The van der Waals surface area contributed by atoms with Gasteiger partial charge in [0.05, 0.1) is 11.4 Å². The Morgan fingerprint density at radius 2 is 1.35 bits per heavy atom. The maximum atomic E-state index is 4.64. The van der Waals surface area contributed by atoms with Crippen molar-refractivity contribution in [2.45, 2.75) is 6.42 Å². The first-order valence-corrected chi connectivity index (χ1v) is 7.82. The molecule has 1 heterocycles. The van der Waals surface area contributed by atoms with Crippen molar-refractivity contribution >= 4 is 10.8 Å². The third kappa shape index (κ3) is 1.82. The van der Waals surface area contributed by atoms with Crippen LogP contribution >= 0.6 is 0 Å². The Kier molecular flexibility index (Phi) is 2.59. The van der Waals surface area contributed by atoms with Gasteiger partial charge in [-0.15, -0.1) is 0 Å². The molecule has 1 aliphatic rings. The van der Waals surface area contributed by atoms with E-state index in [1.54, 1.807) is 6.33 Å². The molecular weight excluding hydrogens is 280 g/mol. The first-order valence-electron chi connectivity index (χ1n) is 7.82. The fourth-order valence-electron chi connectivity index (χ4n) is 3.57. The summed E-state index contributed by atoms with van der Waals surface area (Å²) in [6, 6.07) is 23.4. The number of hydrogen-bond donors (Lipinski definition) is 0. The van der Waals surface area contributed by atoms with Crippen LogP contribution in [-0.4, -0.2) is 9.97 Å². The average molecular weight is 294 g/mol. The highest BCUT2D eigenvalue weighted by Crippen LogP contribution is 2.40. The van der Waals surface area contributed by atoms with Crippen LogP contribution in [0.2, 0.25) is 0 Å². The SMILES string of the molecule is c1ccc2c(c1)Cc1c-2ncnc1-c1cccc2ccccc12. The summed E-state index contributed by atoms with van der Waals surface area (Å²) in [4.78, 5) is 9.20. The predicted octanol–water partition coefficient (Wildman–Crippen LogP) is 4.87. The van der Waals surface area contributed by atoms with Gasteiger partial charge in [-0.2, -0.15) is 0 Å². The summed E-state index contributed by atoms with van der Waals surface area (Å²) in [6.07, 6.45) is 2.60. The molecule has 108 valence electrons. The zero-order valence-electron chi connectivity index (χ0n) is 12.5. The summed E-state index contributed by atoms with van der Waals surface area (Å²) < 4.78 is 0. The van der Waals surface area contributed by atoms with Gasteiger partial charge in [-0.25, -0.2) is 9.97 Å². The maximum Gasteiger partial charge on any atom is 0.116 e. The van der Waals surface area contributed by atoms with Gasteiger partial charge in [0.15, 0.2) is 0 Å². The predicted molar refractivity (Wildman–Crippen MR) is 93.2 cm³/mol. The molecule has 3 aromatic carbocycles. The van der Waals surface area contributed by atoms with Crippen LogP contribution in [0.4, 0.5) is 0 Å². The molecule has 0 unspecified atom stereocenters. The molecule has 0 aliphatic heterocycles. The number of nitrogens with zero attached hydrogens (tertiary/aromatic N) is 2. The molecule has 5 rings (SSSR count). The second-order valence-corrected chi connectivity index (χ2v) is 5.91. The Morgan fingerprint density at radius 3 is 2.30 bits per heavy atom. The smallest absolute Gasteiger partial charge is 0.116 e. The normalized spacial score (nSPS) is 12.2. The first-order chi connectivity index (χ1) is 11.4. The molecule has 23 heavy (non-hydrogen) atoms. The molecule has 2 nitrogen and oxygen atoms in total. The van der Waals surface area contributed by atoms with Crippen LogP contribution < -0.4 is 0 Å². The third-order valence-corrected chi connectivity index (χ3v) is 4.63. The fourth-order valence-corrected chi connectivity index (χ4v) is 3.57. The molecule has 1 aliphatic carbocycles. The topological polar surface area (TPSA) is 25.8 Å². The number of fused-ring (bicyclic) bond motifs is 4. The lowest BCUT2D eigenvalue weighted by Gasteiger charge is -2.10. The van der Waals surface area contributed by atoms with E-state index in [0.717, 1.165) is 17.8 Å². The van der Waals surface area contributed by atoms with E-state index >= 15 is 0 Å². The van der Waals surface area contributed by atoms with Gasteiger partial charge in [0.1, 0.15) is 6.33 Å². The first kappa shape index (κ1) is 12.5. The summed E-state index contributed by atoms with van der Waals surface area (Å²) in [5, 5.41) is 2.49. The molecule has 0 atom stereocenters. The standard InChI is InChI=1S/C21H14N2/c1-3-9-16-14(6-1)8-5-11-18(16)21-19-12-15-7-2-4-10-17(15)20(19)22-13-23-21/h1-11,13H,12H2. The number of benzene rings is 3. The van der Waals surface area contributed by atoms with Crippen LogP contribution in [-0.2, 0) is 6.42 Å². The number of hydrogen-bond acceptors (Lipinski definition) is 2. The van der Waals surface area contributed by atoms with Gasteiger partial charge in [-0.3, -0.25) is 0 Å². The lowest BCUT2D eigenvalue weighted by Crippen LogP contribution is -1.95. The van der Waals surface area contributed by atoms with Gasteiger partial charge < -0.3 is 0 Å². The molecule has 0 saturated heterocycles. The molecule has 0 amide bonds. The van der Waals surface area contributed by atoms with E-state index < -0.39 is 0 Å². The van der Waals surface area contributed by atoms with Crippen LogP contribution in [0.15, 0.2) is 73.1 Å². The largest absolute Gasteiger partial charge is 0.236 e. The average Bonchev–Trinajstić information content (AvgIpc) is 3.00. The second-order valence-electron chi connectivity index (χ2n) is 5.91. The van der Waals surface area contributed by atoms with Crippen LogP contribution in [0.5, 0.6) is 0 Å². The molecule has 0 radical (unpaired) electrons. The summed E-state index contributed by atoms with van der Waals surface area (Å²) in [5.74, 6) is 0. The van der Waals surface area contributed by atoms with Gasteiger partial charge in [-0.1, -0.05) is 66.7 Å². The number of aromatic nitrogens is 2. The van der Waals surface area contributed by atoms with Crippen molar-refractivity contribution in [1.29, 1.82) is 0 Å². The number of rotatable bonds is 1. The van der Waals surface area contributed by atoms with E-state index in [4.69, 9.17) is 0 Å². The van der Waals surface area contributed by atoms with E-state index in [0.29, 0.717) is 0 Å². The van der Waals surface area contributed by atoms with E-state index in [2.05, 4.69) is 76.7 Å². The van der Waals surface area contributed by atoms with Crippen LogP contribution in [0.3, 0.4) is 0 Å². The van der Waals surface area contributed by atoms with Crippen molar-refractivity contribution in [2.75, 3.05) is 0 Å². The Hall–Kier alpha value is -3.00. The zero-order valence-corrected chi connectivity index (χ0v) is 12.5. The van der Waals surface area contributed by atoms with Gasteiger partial charge in [0, 0.05) is 23.1 Å². The molecule has 1 aromatic heterocycles. The Labute approximate surface area is 134 Å². The highest BCUT2D eigenvalue weighted by molar-refractivity contribution is 5.97. The molecule has 0 N–H and O–H groups in total. The van der Waals surface area contributed by atoms with Crippen molar-refractivity contribution in [1.82, 2.24) is 9.97 Å². The van der Waals surface area contributed by atoms with E-state index in [-0.39, 0.29) is 0 Å². The van der Waals surface area contributed by atoms with Crippen LogP contribution in [0.25, 0.3) is 33.3 Å². The Bertz CT molecular complexity index is 1050. The molecular formula is C21H14N2. The minimum Gasteiger partial charge on any atom is -0.236 e. The van der Waals surface area contributed by atoms with E-state index in [1.165, 1.54) is 33.0 Å². The van der Waals surface area contributed by atoms with Crippen molar-refractivity contribution < 1.29 is 0 Å².